The lowest BCUT2D eigenvalue weighted by Gasteiger charge is -2.15. The molecule has 27 heavy (non-hydrogen) atoms. The molecule has 0 spiro atoms. The van der Waals surface area contributed by atoms with E-state index in [2.05, 4.69) is 41.6 Å². The van der Waals surface area contributed by atoms with Gasteiger partial charge in [0.25, 0.3) is 0 Å². The number of rotatable bonds is 2. The SMILES string of the molecule is Cc1nn2nc(C(C)(C)C)c(/N=N/c3c(C#N)cnn3C3=NCCO3)c2[nH]1. The number of ether oxygens (including phenoxy) is 1. The second kappa shape index (κ2) is 6.01. The van der Waals surface area contributed by atoms with E-state index >= 15 is 0 Å². The number of hydrogen-bond acceptors (Lipinski definition) is 8. The number of H-pyrrole nitrogens is 1. The molecule has 0 saturated carbocycles. The van der Waals surface area contributed by atoms with Gasteiger partial charge in [0.15, 0.2) is 11.3 Å². The summed E-state index contributed by atoms with van der Waals surface area (Å²) in [7, 11) is 0. The van der Waals surface area contributed by atoms with Crippen molar-refractivity contribution in [2.45, 2.75) is 33.1 Å². The molecule has 11 nitrogen and oxygen atoms in total. The number of nitriles is 1. The molecular weight excluding hydrogens is 348 g/mol. The molecule has 4 rings (SSSR count). The molecule has 0 aromatic carbocycles. The maximum atomic E-state index is 9.37. The van der Waals surface area contributed by atoms with Crippen LogP contribution in [0.15, 0.2) is 21.4 Å². The van der Waals surface area contributed by atoms with Crippen LogP contribution in [-0.2, 0) is 10.2 Å². The average Bonchev–Trinajstić information content (AvgIpc) is 3.34. The number of aryl methyl sites for hydroxylation is 1. The lowest BCUT2D eigenvalue weighted by Crippen LogP contribution is -2.13. The third-order valence-electron chi connectivity index (χ3n) is 3.96. The van der Waals surface area contributed by atoms with Crippen LogP contribution in [0.25, 0.3) is 5.65 Å². The fourth-order valence-electron chi connectivity index (χ4n) is 2.73. The van der Waals surface area contributed by atoms with Crippen molar-refractivity contribution in [2.24, 2.45) is 15.2 Å². The van der Waals surface area contributed by atoms with Crippen LogP contribution in [-0.4, -0.2) is 48.8 Å². The highest BCUT2D eigenvalue weighted by atomic mass is 16.5. The third kappa shape index (κ3) is 2.84. The van der Waals surface area contributed by atoms with Crippen molar-refractivity contribution in [3.63, 3.8) is 0 Å². The van der Waals surface area contributed by atoms with Gasteiger partial charge in [0.1, 0.15) is 24.1 Å². The van der Waals surface area contributed by atoms with Gasteiger partial charge in [-0.2, -0.15) is 20.1 Å². The van der Waals surface area contributed by atoms with Gasteiger partial charge >= 0.3 is 6.02 Å². The first-order valence-corrected chi connectivity index (χ1v) is 8.42. The summed E-state index contributed by atoms with van der Waals surface area (Å²) in [6, 6.07) is 2.37. The van der Waals surface area contributed by atoms with Gasteiger partial charge < -0.3 is 9.72 Å². The van der Waals surface area contributed by atoms with E-state index in [4.69, 9.17) is 4.74 Å². The van der Waals surface area contributed by atoms with E-state index in [-0.39, 0.29) is 16.8 Å². The molecule has 4 heterocycles. The third-order valence-corrected chi connectivity index (χ3v) is 3.96. The van der Waals surface area contributed by atoms with Crippen LogP contribution >= 0.6 is 0 Å². The molecule has 0 aliphatic carbocycles. The van der Waals surface area contributed by atoms with Gasteiger partial charge in [0, 0.05) is 5.41 Å². The molecule has 0 atom stereocenters. The van der Waals surface area contributed by atoms with Crippen LogP contribution in [0.5, 0.6) is 0 Å². The first-order chi connectivity index (χ1) is 12.9. The number of nitrogens with one attached hydrogen (secondary N) is 1. The Bertz CT molecular complexity index is 1110. The standard InChI is InChI=1S/C16H18N10O/c1-9-20-14-11(12(16(2,3)4)24-26(14)23-9)21-22-13-10(7-17)8-19-25(13)15-18-5-6-27-15/h8H,5-6H2,1-4H3,(H,20,23)/b22-21+. The number of hydrogen-bond donors (Lipinski definition) is 1. The molecule has 138 valence electrons. The van der Waals surface area contributed by atoms with Crippen molar-refractivity contribution < 1.29 is 4.74 Å². The zero-order chi connectivity index (χ0) is 19.2. The van der Waals surface area contributed by atoms with Crippen molar-refractivity contribution in [3.05, 3.63) is 23.3 Å². The summed E-state index contributed by atoms with van der Waals surface area (Å²) in [5.41, 5.74) is 1.95. The Labute approximate surface area is 154 Å². The van der Waals surface area contributed by atoms with E-state index in [9.17, 15) is 5.26 Å². The molecule has 0 fully saturated rings. The molecule has 1 aliphatic heterocycles. The molecule has 0 bridgehead atoms. The summed E-state index contributed by atoms with van der Waals surface area (Å²) in [4.78, 5) is 7.37. The quantitative estimate of drug-likeness (QED) is 0.695. The lowest BCUT2D eigenvalue weighted by molar-refractivity contribution is 0.330. The predicted octanol–water partition coefficient (Wildman–Crippen LogP) is 2.38. The number of fused-ring (bicyclic) bond motifs is 1. The smallest absolute Gasteiger partial charge is 0.315 e. The first-order valence-electron chi connectivity index (χ1n) is 8.42. The maximum absolute atomic E-state index is 9.37. The fraction of sp³-hybridized carbons (Fsp3) is 0.438. The Morgan fingerprint density at radius 2 is 2.11 bits per heavy atom. The van der Waals surface area contributed by atoms with Crippen molar-refractivity contribution >= 4 is 23.2 Å². The molecule has 0 saturated heterocycles. The van der Waals surface area contributed by atoms with Crippen LogP contribution in [0.4, 0.5) is 11.5 Å². The summed E-state index contributed by atoms with van der Waals surface area (Å²) in [6.45, 7) is 8.95. The molecule has 0 unspecified atom stereocenters. The highest BCUT2D eigenvalue weighted by Crippen LogP contribution is 2.35. The van der Waals surface area contributed by atoms with Crippen molar-refractivity contribution in [1.29, 1.82) is 5.26 Å². The van der Waals surface area contributed by atoms with Crippen LogP contribution in [0.1, 0.15) is 37.9 Å². The van der Waals surface area contributed by atoms with Crippen LogP contribution < -0.4 is 0 Å². The minimum atomic E-state index is -0.270. The van der Waals surface area contributed by atoms with Crippen molar-refractivity contribution in [2.75, 3.05) is 13.2 Å². The van der Waals surface area contributed by atoms with Crippen LogP contribution in [0, 0.1) is 18.3 Å². The Balaban J connectivity index is 1.84. The number of nitrogens with zero attached hydrogens (tertiary/aromatic N) is 9. The average molecular weight is 366 g/mol. The predicted molar refractivity (Wildman–Crippen MR) is 95.5 cm³/mol. The minimum Gasteiger partial charge on any atom is -0.462 e. The maximum Gasteiger partial charge on any atom is 0.315 e. The van der Waals surface area contributed by atoms with Gasteiger partial charge in [-0.05, 0) is 6.92 Å². The number of aliphatic imine (C=N–C) groups is 1. The Morgan fingerprint density at radius 1 is 1.30 bits per heavy atom. The summed E-state index contributed by atoms with van der Waals surface area (Å²) in [5.74, 6) is 0.972. The van der Waals surface area contributed by atoms with Crippen molar-refractivity contribution in [3.8, 4) is 6.07 Å². The second-order valence-electron chi connectivity index (χ2n) is 7.11. The highest BCUT2D eigenvalue weighted by molar-refractivity contribution is 5.80. The molecule has 0 radical (unpaired) electrons. The van der Waals surface area contributed by atoms with Gasteiger partial charge in [-0.1, -0.05) is 20.8 Å². The second-order valence-corrected chi connectivity index (χ2v) is 7.11. The summed E-state index contributed by atoms with van der Waals surface area (Å²) < 4.78 is 8.32. The Morgan fingerprint density at radius 3 is 2.78 bits per heavy atom. The minimum absolute atomic E-state index is 0.258. The molecule has 1 N–H and O–H groups in total. The summed E-state index contributed by atoms with van der Waals surface area (Å²) in [5, 5.41) is 31.1. The van der Waals surface area contributed by atoms with Gasteiger partial charge in [-0.15, -0.1) is 20.0 Å². The molecule has 1 aliphatic rings. The van der Waals surface area contributed by atoms with Crippen molar-refractivity contribution in [1.82, 2.24) is 29.6 Å². The molecule has 3 aromatic rings. The Kier molecular flexibility index (Phi) is 3.76. The van der Waals surface area contributed by atoms with Gasteiger partial charge in [-0.25, -0.2) is 4.99 Å². The van der Waals surface area contributed by atoms with Crippen LogP contribution in [0.2, 0.25) is 0 Å². The highest BCUT2D eigenvalue weighted by Gasteiger charge is 2.27. The molecule has 11 heteroatoms. The lowest BCUT2D eigenvalue weighted by atomic mass is 9.91. The number of aromatic amines is 1. The van der Waals surface area contributed by atoms with E-state index in [1.165, 1.54) is 15.5 Å². The first kappa shape index (κ1) is 16.9. The van der Waals surface area contributed by atoms with Crippen LogP contribution in [0.3, 0.4) is 0 Å². The monoisotopic (exact) mass is 366 g/mol. The van der Waals surface area contributed by atoms with Gasteiger partial charge in [0.05, 0.1) is 18.4 Å². The van der Waals surface area contributed by atoms with Gasteiger partial charge in [-0.3, -0.25) is 0 Å². The topological polar surface area (TPSA) is 134 Å². The fourth-order valence-corrected chi connectivity index (χ4v) is 2.73. The number of aromatic nitrogens is 6. The zero-order valence-corrected chi connectivity index (χ0v) is 15.4. The van der Waals surface area contributed by atoms with E-state index in [1.54, 1.807) is 0 Å². The summed E-state index contributed by atoms with van der Waals surface area (Å²) >= 11 is 0. The van der Waals surface area contributed by atoms with E-state index in [1.807, 2.05) is 27.7 Å². The van der Waals surface area contributed by atoms with E-state index in [0.717, 1.165) is 5.69 Å². The Hall–Kier alpha value is -3.55. The van der Waals surface area contributed by atoms with E-state index in [0.29, 0.717) is 36.3 Å². The largest absolute Gasteiger partial charge is 0.462 e. The molecular formula is C16H18N10O. The zero-order valence-electron chi connectivity index (χ0n) is 15.4. The molecule has 3 aromatic heterocycles. The van der Waals surface area contributed by atoms with E-state index < -0.39 is 0 Å². The summed E-state index contributed by atoms with van der Waals surface area (Å²) in [6.07, 6.45) is 1.41. The molecule has 0 amide bonds. The number of azo groups is 1. The normalized spacial score (nSPS) is 14.7. The van der Waals surface area contributed by atoms with Gasteiger partial charge in [0.2, 0.25) is 5.82 Å².